The van der Waals surface area contributed by atoms with E-state index in [1.54, 1.807) is 0 Å². The molecule has 1 aliphatic rings. The van der Waals surface area contributed by atoms with Crippen LogP contribution < -0.4 is 5.32 Å². The average Bonchev–Trinajstić information content (AvgIpc) is 2.37. The fourth-order valence-electron chi connectivity index (χ4n) is 2.48. The lowest BCUT2D eigenvalue weighted by Gasteiger charge is -2.36. The van der Waals surface area contributed by atoms with E-state index < -0.39 is 5.97 Å². The molecule has 20 heavy (non-hydrogen) atoms. The third-order valence-corrected chi connectivity index (χ3v) is 4.39. The van der Waals surface area contributed by atoms with Crippen molar-refractivity contribution in [2.75, 3.05) is 13.1 Å². The van der Waals surface area contributed by atoms with E-state index in [0.717, 1.165) is 32.4 Å². The van der Waals surface area contributed by atoms with Crippen LogP contribution in [0.3, 0.4) is 0 Å². The molecule has 1 aliphatic heterocycles. The first-order chi connectivity index (χ1) is 9.25. The number of rotatable bonds is 6. The first kappa shape index (κ1) is 17.0. The molecule has 0 bridgehead atoms. The van der Waals surface area contributed by atoms with Crippen molar-refractivity contribution < 1.29 is 14.7 Å². The van der Waals surface area contributed by atoms with Gasteiger partial charge >= 0.3 is 5.97 Å². The maximum Gasteiger partial charge on any atom is 0.303 e. The number of carboxylic acids is 1. The maximum absolute atomic E-state index is 12.2. The number of likely N-dealkylation sites (tertiary alicyclic amines) is 1. The van der Waals surface area contributed by atoms with Crippen LogP contribution in [0.15, 0.2) is 0 Å². The van der Waals surface area contributed by atoms with Gasteiger partial charge in [0.05, 0.1) is 6.04 Å². The Balaban J connectivity index is 2.44. The Morgan fingerprint density at radius 3 is 2.35 bits per heavy atom. The fraction of sp³-hybridized carbons (Fsp3) is 0.867. The summed E-state index contributed by atoms with van der Waals surface area (Å²) in [5, 5.41) is 11.9. The summed E-state index contributed by atoms with van der Waals surface area (Å²) in [6.45, 7) is 9.65. The van der Waals surface area contributed by atoms with E-state index in [1.165, 1.54) is 0 Å². The predicted molar refractivity (Wildman–Crippen MR) is 78.5 cm³/mol. The fourth-order valence-corrected chi connectivity index (χ4v) is 2.48. The molecule has 116 valence electrons. The Kier molecular flexibility index (Phi) is 5.99. The van der Waals surface area contributed by atoms with Crippen LogP contribution in [0.25, 0.3) is 0 Å². The molecule has 0 aliphatic carbocycles. The first-order valence-corrected chi connectivity index (χ1v) is 7.53. The van der Waals surface area contributed by atoms with Gasteiger partial charge in [-0.1, -0.05) is 6.92 Å². The molecule has 1 rings (SSSR count). The average molecular weight is 284 g/mol. The lowest BCUT2D eigenvalue weighted by Crippen LogP contribution is -2.53. The molecule has 0 radical (unpaired) electrons. The second kappa shape index (κ2) is 7.07. The summed E-state index contributed by atoms with van der Waals surface area (Å²) in [5.41, 5.74) is -0.174. The van der Waals surface area contributed by atoms with Gasteiger partial charge in [-0.25, -0.2) is 0 Å². The van der Waals surface area contributed by atoms with Gasteiger partial charge in [0, 0.05) is 12.0 Å². The molecule has 2 N–H and O–H groups in total. The molecule has 0 aromatic carbocycles. The normalized spacial score (nSPS) is 19.6. The molecule has 1 heterocycles. The van der Waals surface area contributed by atoms with Gasteiger partial charge < -0.3 is 10.4 Å². The Labute approximate surface area is 121 Å². The highest BCUT2D eigenvalue weighted by Gasteiger charge is 2.29. The predicted octanol–water partition coefficient (Wildman–Crippen LogP) is 1.87. The summed E-state index contributed by atoms with van der Waals surface area (Å²) in [6.07, 6.45) is 2.87. The Morgan fingerprint density at radius 1 is 1.35 bits per heavy atom. The third kappa shape index (κ3) is 5.12. The Bertz CT molecular complexity index is 347. The minimum Gasteiger partial charge on any atom is -0.481 e. The van der Waals surface area contributed by atoms with E-state index in [9.17, 15) is 9.59 Å². The van der Waals surface area contributed by atoms with Gasteiger partial charge in [0.1, 0.15) is 0 Å². The number of hydrogen-bond acceptors (Lipinski definition) is 3. The third-order valence-electron chi connectivity index (χ3n) is 4.39. The smallest absolute Gasteiger partial charge is 0.303 e. The summed E-state index contributed by atoms with van der Waals surface area (Å²) >= 11 is 0. The largest absolute Gasteiger partial charge is 0.481 e. The molecule has 0 saturated carbocycles. The quantitative estimate of drug-likeness (QED) is 0.781. The maximum atomic E-state index is 12.2. The number of aliphatic carboxylic acids is 1. The van der Waals surface area contributed by atoms with Crippen LogP contribution in [0.4, 0.5) is 0 Å². The van der Waals surface area contributed by atoms with Crippen molar-refractivity contribution in [3.05, 3.63) is 0 Å². The molecule has 0 aromatic heterocycles. The Hall–Kier alpha value is -1.10. The molecule has 5 nitrogen and oxygen atoms in total. The highest BCUT2D eigenvalue weighted by molar-refractivity contribution is 5.82. The number of carbonyl (C=O) groups excluding carboxylic acids is 1. The summed E-state index contributed by atoms with van der Waals surface area (Å²) in [7, 11) is 0. The van der Waals surface area contributed by atoms with E-state index >= 15 is 0 Å². The highest BCUT2D eigenvalue weighted by Crippen LogP contribution is 2.22. The lowest BCUT2D eigenvalue weighted by atomic mass is 9.92. The van der Waals surface area contributed by atoms with Crippen LogP contribution in [0.2, 0.25) is 0 Å². The van der Waals surface area contributed by atoms with Crippen molar-refractivity contribution in [3.63, 3.8) is 0 Å². The van der Waals surface area contributed by atoms with Gasteiger partial charge in [0.15, 0.2) is 0 Å². The van der Waals surface area contributed by atoms with Crippen LogP contribution in [0.5, 0.6) is 0 Å². The van der Waals surface area contributed by atoms with E-state index in [4.69, 9.17) is 5.11 Å². The number of piperidine rings is 1. The first-order valence-electron chi connectivity index (χ1n) is 7.53. The molecule has 1 unspecified atom stereocenters. The van der Waals surface area contributed by atoms with Crippen LogP contribution in [-0.4, -0.2) is 46.6 Å². The van der Waals surface area contributed by atoms with Crippen molar-refractivity contribution in [2.45, 2.75) is 65.0 Å². The Morgan fingerprint density at radius 2 is 1.90 bits per heavy atom. The molecule has 0 spiro atoms. The summed E-state index contributed by atoms with van der Waals surface area (Å²) < 4.78 is 0. The second-order valence-electron chi connectivity index (χ2n) is 6.48. The number of amides is 1. The zero-order valence-corrected chi connectivity index (χ0v) is 13.1. The van der Waals surface area contributed by atoms with Gasteiger partial charge in [-0.15, -0.1) is 0 Å². The zero-order valence-electron chi connectivity index (χ0n) is 13.1. The number of nitrogens with one attached hydrogen (secondary N) is 1. The second-order valence-corrected chi connectivity index (χ2v) is 6.48. The zero-order chi connectivity index (χ0) is 15.3. The van der Waals surface area contributed by atoms with Crippen LogP contribution in [0.1, 0.15) is 53.4 Å². The van der Waals surface area contributed by atoms with E-state index in [1.807, 2.05) is 20.8 Å². The number of nitrogens with zero attached hydrogens (tertiary/aromatic N) is 1. The SMILES string of the molecule is CCC(C)(C)NC(=O)C(C)N1CCC(CC(=O)O)CC1. The number of carbonyl (C=O) groups is 2. The van der Waals surface area contributed by atoms with E-state index in [-0.39, 0.29) is 29.8 Å². The van der Waals surface area contributed by atoms with Crippen LogP contribution in [-0.2, 0) is 9.59 Å². The molecule has 1 saturated heterocycles. The van der Waals surface area contributed by atoms with E-state index in [0.29, 0.717) is 0 Å². The minimum atomic E-state index is -0.723. The summed E-state index contributed by atoms with van der Waals surface area (Å²) in [4.78, 5) is 25.1. The summed E-state index contributed by atoms with van der Waals surface area (Å²) in [6, 6.07) is -0.147. The van der Waals surface area contributed by atoms with Gasteiger partial charge in [-0.2, -0.15) is 0 Å². The standard InChI is InChI=1S/C15H28N2O3/c1-5-15(3,4)16-14(20)11(2)17-8-6-12(7-9-17)10-13(18)19/h11-12H,5-10H2,1-4H3,(H,16,20)(H,18,19). The summed E-state index contributed by atoms with van der Waals surface area (Å²) in [5.74, 6) is -0.404. The molecular formula is C15H28N2O3. The van der Waals surface area contributed by atoms with Gasteiger partial charge in [0.2, 0.25) is 5.91 Å². The molecule has 1 fully saturated rings. The number of carboxylic acid groups (broad SMARTS) is 1. The van der Waals surface area contributed by atoms with Crippen molar-refractivity contribution >= 4 is 11.9 Å². The van der Waals surface area contributed by atoms with Gasteiger partial charge in [0.25, 0.3) is 0 Å². The minimum absolute atomic E-state index is 0.0635. The molecular weight excluding hydrogens is 256 g/mol. The monoisotopic (exact) mass is 284 g/mol. The van der Waals surface area contributed by atoms with Crippen LogP contribution >= 0.6 is 0 Å². The van der Waals surface area contributed by atoms with E-state index in [2.05, 4.69) is 17.1 Å². The van der Waals surface area contributed by atoms with Gasteiger partial charge in [-0.05, 0) is 59.0 Å². The topological polar surface area (TPSA) is 69.6 Å². The molecule has 0 aromatic rings. The number of hydrogen-bond donors (Lipinski definition) is 2. The molecule has 5 heteroatoms. The van der Waals surface area contributed by atoms with Crippen molar-refractivity contribution in [3.8, 4) is 0 Å². The van der Waals surface area contributed by atoms with Crippen molar-refractivity contribution in [2.24, 2.45) is 5.92 Å². The lowest BCUT2D eigenvalue weighted by molar-refractivity contribution is -0.139. The van der Waals surface area contributed by atoms with Crippen molar-refractivity contribution in [1.29, 1.82) is 0 Å². The van der Waals surface area contributed by atoms with Gasteiger partial charge in [-0.3, -0.25) is 14.5 Å². The molecule has 1 atom stereocenters. The van der Waals surface area contributed by atoms with Crippen LogP contribution in [0, 0.1) is 5.92 Å². The molecule has 1 amide bonds. The highest BCUT2D eigenvalue weighted by atomic mass is 16.4. The van der Waals surface area contributed by atoms with Crippen molar-refractivity contribution in [1.82, 2.24) is 10.2 Å².